The molecule has 0 radical (unpaired) electrons. The molecule has 0 amide bonds. The molecule has 1 aromatic heterocycles. The number of hydrogen-bond acceptors (Lipinski definition) is 3. The average Bonchev–Trinajstić information content (AvgIpc) is 2.10. The Morgan fingerprint density at radius 2 is 1.94 bits per heavy atom. The van der Waals surface area contributed by atoms with Gasteiger partial charge in [0.25, 0.3) is 6.43 Å². The van der Waals surface area contributed by atoms with E-state index in [1.807, 2.05) is 0 Å². The predicted molar refractivity (Wildman–Crippen MR) is 45.0 cm³/mol. The van der Waals surface area contributed by atoms with Crippen LogP contribution in [-0.4, -0.2) is 11.3 Å². The zero-order valence-corrected chi connectivity index (χ0v) is 7.98. The zero-order valence-electron chi connectivity index (χ0n) is 7.98. The van der Waals surface area contributed by atoms with Crippen molar-refractivity contribution in [3.63, 3.8) is 0 Å². The summed E-state index contributed by atoms with van der Waals surface area (Å²) in [4.78, 5) is 3.24. The van der Waals surface area contributed by atoms with Gasteiger partial charge >= 0.3 is 6.36 Å². The lowest BCUT2D eigenvalue weighted by atomic mass is 10.2. The molecule has 0 aliphatic carbocycles. The van der Waals surface area contributed by atoms with E-state index in [0.717, 1.165) is 0 Å². The van der Waals surface area contributed by atoms with Crippen molar-refractivity contribution in [2.45, 2.75) is 19.7 Å². The Balaban J connectivity index is 3.17. The van der Waals surface area contributed by atoms with E-state index in [2.05, 4.69) is 9.72 Å². The molecule has 0 spiro atoms. The van der Waals surface area contributed by atoms with Crippen molar-refractivity contribution in [1.29, 1.82) is 0 Å². The molecule has 0 aromatic carbocycles. The third kappa shape index (κ3) is 2.94. The number of nitrogens with two attached hydrogens (primary N) is 1. The van der Waals surface area contributed by atoms with Crippen LogP contribution in [0.5, 0.6) is 5.75 Å². The van der Waals surface area contributed by atoms with Crippen LogP contribution in [0.3, 0.4) is 0 Å². The van der Waals surface area contributed by atoms with Gasteiger partial charge < -0.3 is 10.5 Å². The van der Waals surface area contributed by atoms with E-state index in [9.17, 15) is 22.0 Å². The normalized spacial score (nSPS) is 11.9. The highest BCUT2D eigenvalue weighted by atomic mass is 19.4. The van der Waals surface area contributed by atoms with Crippen molar-refractivity contribution in [3.8, 4) is 5.75 Å². The monoisotopic (exact) mass is 242 g/mol. The smallest absolute Gasteiger partial charge is 0.405 e. The fraction of sp³-hybridized carbons (Fsp3) is 0.375. The Bertz CT molecular complexity index is 391. The summed E-state index contributed by atoms with van der Waals surface area (Å²) in [5.41, 5.74) is 4.19. The van der Waals surface area contributed by atoms with Gasteiger partial charge in [-0.15, -0.1) is 13.2 Å². The summed E-state index contributed by atoms with van der Waals surface area (Å²) in [5, 5.41) is 0. The third-order valence-corrected chi connectivity index (χ3v) is 1.73. The molecule has 1 aromatic rings. The number of alkyl halides is 5. The molecule has 0 saturated heterocycles. The first-order valence-corrected chi connectivity index (χ1v) is 4.01. The van der Waals surface area contributed by atoms with E-state index in [4.69, 9.17) is 5.73 Å². The molecule has 16 heavy (non-hydrogen) atoms. The fourth-order valence-electron chi connectivity index (χ4n) is 0.966. The van der Waals surface area contributed by atoms with Crippen LogP contribution in [0.2, 0.25) is 0 Å². The quantitative estimate of drug-likeness (QED) is 0.811. The highest BCUT2D eigenvalue weighted by Gasteiger charge is 2.32. The van der Waals surface area contributed by atoms with Crippen LogP contribution in [0, 0.1) is 6.92 Å². The number of rotatable bonds is 2. The van der Waals surface area contributed by atoms with E-state index in [0.29, 0.717) is 6.07 Å². The number of nitrogen functional groups attached to an aromatic ring is 1. The standard InChI is InChI=1S/C8H7F5N2O/c1-3-5(16-8(11,12)13)2-4(6(9)10)15-7(3)14/h2,6H,1H3,(H2,14,15). The van der Waals surface area contributed by atoms with Gasteiger partial charge in [0.05, 0.1) is 0 Å². The summed E-state index contributed by atoms with van der Waals surface area (Å²) in [5.74, 6) is -1.19. The molecular weight excluding hydrogens is 235 g/mol. The topological polar surface area (TPSA) is 48.1 Å². The largest absolute Gasteiger partial charge is 0.573 e. The lowest BCUT2D eigenvalue weighted by Gasteiger charge is -2.13. The Labute approximate surface area is 87.0 Å². The molecule has 0 aliphatic rings. The Morgan fingerprint density at radius 1 is 1.38 bits per heavy atom. The van der Waals surface area contributed by atoms with Crippen molar-refractivity contribution < 1.29 is 26.7 Å². The first-order valence-electron chi connectivity index (χ1n) is 4.01. The molecule has 0 fully saturated rings. The first kappa shape index (κ1) is 12.5. The van der Waals surface area contributed by atoms with Gasteiger partial charge in [-0.3, -0.25) is 0 Å². The fourth-order valence-corrected chi connectivity index (χ4v) is 0.966. The summed E-state index contributed by atoms with van der Waals surface area (Å²) in [6.07, 6.45) is -7.98. The molecule has 1 rings (SSSR count). The van der Waals surface area contributed by atoms with Crippen LogP contribution in [0.15, 0.2) is 6.07 Å². The van der Waals surface area contributed by atoms with Crippen molar-refractivity contribution >= 4 is 5.82 Å². The summed E-state index contributed by atoms with van der Waals surface area (Å²) < 4.78 is 63.8. The molecule has 0 atom stereocenters. The number of aromatic nitrogens is 1. The van der Waals surface area contributed by atoms with Gasteiger partial charge in [-0.25, -0.2) is 13.8 Å². The minimum atomic E-state index is -4.96. The van der Waals surface area contributed by atoms with E-state index in [-0.39, 0.29) is 5.56 Å². The van der Waals surface area contributed by atoms with Gasteiger partial charge in [-0.2, -0.15) is 0 Å². The summed E-state index contributed by atoms with van der Waals surface area (Å²) in [6, 6.07) is 0.518. The summed E-state index contributed by atoms with van der Waals surface area (Å²) >= 11 is 0. The molecular formula is C8H7F5N2O. The molecule has 0 unspecified atom stereocenters. The number of pyridine rings is 1. The van der Waals surface area contributed by atoms with E-state index >= 15 is 0 Å². The van der Waals surface area contributed by atoms with Crippen LogP contribution >= 0.6 is 0 Å². The second-order valence-electron chi connectivity index (χ2n) is 2.90. The highest BCUT2D eigenvalue weighted by Crippen LogP contribution is 2.31. The van der Waals surface area contributed by atoms with Crippen molar-refractivity contribution in [2.24, 2.45) is 0 Å². The zero-order chi connectivity index (χ0) is 12.5. The maximum Gasteiger partial charge on any atom is 0.573 e. The van der Waals surface area contributed by atoms with Crippen LogP contribution < -0.4 is 10.5 Å². The van der Waals surface area contributed by atoms with Gasteiger partial charge in [0.1, 0.15) is 17.3 Å². The molecule has 1 heterocycles. The maximum absolute atomic E-state index is 12.2. The lowest BCUT2D eigenvalue weighted by molar-refractivity contribution is -0.274. The van der Waals surface area contributed by atoms with Crippen molar-refractivity contribution in [2.75, 3.05) is 5.73 Å². The number of anilines is 1. The second-order valence-corrected chi connectivity index (χ2v) is 2.90. The van der Waals surface area contributed by atoms with Crippen LogP contribution in [0.4, 0.5) is 27.8 Å². The lowest BCUT2D eigenvalue weighted by Crippen LogP contribution is -2.18. The summed E-state index contributed by atoms with van der Waals surface area (Å²) in [7, 11) is 0. The average molecular weight is 242 g/mol. The highest BCUT2D eigenvalue weighted by molar-refractivity contribution is 5.49. The van der Waals surface area contributed by atoms with Gasteiger partial charge in [0.15, 0.2) is 0 Å². The number of nitrogens with zero attached hydrogens (tertiary/aromatic N) is 1. The number of hydrogen-bond donors (Lipinski definition) is 1. The predicted octanol–water partition coefficient (Wildman–Crippen LogP) is 2.81. The van der Waals surface area contributed by atoms with Gasteiger partial charge in [0.2, 0.25) is 0 Å². The Morgan fingerprint density at radius 3 is 2.38 bits per heavy atom. The maximum atomic E-state index is 12.2. The van der Waals surface area contributed by atoms with Crippen molar-refractivity contribution in [3.05, 3.63) is 17.3 Å². The second kappa shape index (κ2) is 4.11. The van der Waals surface area contributed by atoms with E-state index in [1.165, 1.54) is 6.92 Å². The van der Waals surface area contributed by atoms with Crippen molar-refractivity contribution in [1.82, 2.24) is 4.98 Å². The Hall–Kier alpha value is -1.60. The Kier molecular flexibility index (Phi) is 3.20. The molecule has 90 valence electrons. The van der Waals surface area contributed by atoms with E-state index in [1.54, 1.807) is 0 Å². The molecule has 8 heteroatoms. The van der Waals surface area contributed by atoms with Gasteiger partial charge in [-0.1, -0.05) is 0 Å². The van der Waals surface area contributed by atoms with Crippen LogP contribution in [0.1, 0.15) is 17.7 Å². The minimum absolute atomic E-state index is 0.137. The molecule has 0 aliphatic heterocycles. The minimum Gasteiger partial charge on any atom is -0.405 e. The van der Waals surface area contributed by atoms with Crippen LogP contribution in [-0.2, 0) is 0 Å². The molecule has 3 nitrogen and oxygen atoms in total. The van der Waals surface area contributed by atoms with Crippen LogP contribution in [0.25, 0.3) is 0 Å². The van der Waals surface area contributed by atoms with E-state index < -0.39 is 30.0 Å². The first-order chi connectivity index (χ1) is 7.20. The van der Waals surface area contributed by atoms with Gasteiger partial charge in [-0.05, 0) is 6.92 Å². The third-order valence-electron chi connectivity index (χ3n) is 1.73. The number of ether oxygens (including phenoxy) is 1. The molecule has 2 N–H and O–H groups in total. The molecule has 0 saturated carbocycles. The molecule has 0 bridgehead atoms. The van der Waals surface area contributed by atoms with Gasteiger partial charge in [0, 0.05) is 11.6 Å². The number of halogens is 5. The SMILES string of the molecule is Cc1c(OC(F)(F)F)cc(C(F)F)nc1N. The summed E-state index contributed by atoms with van der Waals surface area (Å²) in [6.45, 7) is 1.19.